The van der Waals surface area contributed by atoms with E-state index in [9.17, 15) is 13.2 Å². The molecule has 0 bridgehead atoms. The topological polar surface area (TPSA) is 72.3 Å². The SMILES string of the molecule is CCCCCCN(C(C)c1nc2ccccc2c(=O)n1-c1ccc(C)c(C)c1)S(=O)(=O)c1ccc(Cl)cc1. The van der Waals surface area contributed by atoms with Crippen molar-refractivity contribution in [2.24, 2.45) is 0 Å². The number of benzene rings is 3. The summed E-state index contributed by atoms with van der Waals surface area (Å²) in [5, 5.41) is 0.947. The van der Waals surface area contributed by atoms with Gasteiger partial charge in [-0.3, -0.25) is 9.36 Å². The predicted octanol–water partition coefficient (Wildman–Crippen LogP) is 6.99. The number of fused-ring (bicyclic) bond motifs is 1. The van der Waals surface area contributed by atoms with E-state index in [0.29, 0.717) is 40.4 Å². The van der Waals surface area contributed by atoms with E-state index in [4.69, 9.17) is 16.6 Å². The average molecular weight is 552 g/mol. The first-order chi connectivity index (χ1) is 18.1. The summed E-state index contributed by atoms with van der Waals surface area (Å²) in [6.07, 6.45) is 3.67. The van der Waals surface area contributed by atoms with Crippen LogP contribution in [-0.4, -0.2) is 28.8 Å². The lowest BCUT2D eigenvalue weighted by molar-refractivity contribution is 0.319. The Kier molecular flexibility index (Phi) is 8.71. The van der Waals surface area contributed by atoms with Gasteiger partial charge < -0.3 is 0 Å². The predicted molar refractivity (Wildman–Crippen MR) is 155 cm³/mol. The molecule has 1 aromatic heterocycles. The molecule has 1 heterocycles. The van der Waals surface area contributed by atoms with Gasteiger partial charge in [-0.1, -0.05) is 56.0 Å². The molecule has 6 nitrogen and oxygen atoms in total. The largest absolute Gasteiger partial charge is 0.268 e. The van der Waals surface area contributed by atoms with Crippen LogP contribution in [0, 0.1) is 13.8 Å². The van der Waals surface area contributed by atoms with Crippen LogP contribution in [0.3, 0.4) is 0 Å². The summed E-state index contributed by atoms with van der Waals surface area (Å²) in [5.74, 6) is 0.380. The molecule has 0 amide bonds. The summed E-state index contributed by atoms with van der Waals surface area (Å²) in [6, 6.07) is 18.5. The molecule has 0 N–H and O–H groups in total. The van der Waals surface area contributed by atoms with Crippen LogP contribution in [0.25, 0.3) is 16.6 Å². The van der Waals surface area contributed by atoms with Gasteiger partial charge in [-0.05, 0) is 86.8 Å². The fourth-order valence-electron chi connectivity index (χ4n) is 4.63. The monoisotopic (exact) mass is 551 g/mol. The molecule has 4 aromatic rings. The highest BCUT2D eigenvalue weighted by molar-refractivity contribution is 7.89. The zero-order valence-electron chi connectivity index (χ0n) is 22.3. The number of nitrogens with zero attached hydrogens (tertiary/aromatic N) is 3. The Morgan fingerprint density at radius 2 is 1.66 bits per heavy atom. The van der Waals surface area contributed by atoms with Crippen LogP contribution in [0.4, 0.5) is 0 Å². The standard InChI is InChI=1S/C30H34ClN3O3S/c1-5-6-7-10-19-33(38(36,37)26-17-14-24(31)15-18-26)23(4)29-32-28-12-9-8-11-27(28)30(35)34(29)25-16-13-21(2)22(3)20-25/h8-9,11-18,20,23H,5-7,10,19H2,1-4H3. The summed E-state index contributed by atoms with van der Waals surface area (Å²) in [7, 11) is -3.91. The molecule has 0 fully saturated rings. The second kappa shape index (κ2) is 11.8. The number of aromatic nitrogens is 2. The van der Waals surface area contributed by atoms with Crippen LogP contribution in [-0.2, 0) is 10.0 Å². The third-order valence-corrected chi connectivity index (χ3v) is 9.24. The average Bonchev–Trinajstić information content (AvgIpc) is 2.90. The third-order valence-electron chi connectivity index (χ3n) is 7.01. The zero-order valence-corrected chi connectivity index (χ0v) is 23.9. The molecule has 0 radical (unpaired) electrons. The number of unbranched alkanes of at least 4 members (excludes halogenated alkanes) is 3. The quantitative estimate of drug-likeness (QED) is 0.199. The number of rotatable bonds is 10. The maximum atomic E-state index is 14.0. The highest BCUT2D eigenvalue weighted by atomic mass is 35.5. The second-order valence-corrected chi connectivity index (χ2v) is 12.0. The first kappa shape index (κ1) is 28.0. The molecule has 1 unspecified atom stereocenters. The number of aryl methyl sites for hydroxylation is 2. The highest BCUT2D eigenvalue weighted by Crippen LogP contribution is 2.30. The third kappa shape index (κ3) is 5.70. The Morgan fingerprint density at radius 3 is 2.34 bits per heavy atom. The Morgan fingerprint density at radius 1 is 0.947 bits per heavy atom. The summed E-state index contributed by atoms with van der Waals surface area (Å²) in [5.41, 5.74) is 3.11. The molecule has 0 saturated carbocycles. The molecule has 0 aliphatic rings. The van der Waals surface area contributed by atoms with Gasteiger partial charge in [0.1, 0.15) is 5.82 Å². The van der Waals surface area contributed by atoms with E-state index in [1.54, 1.807) is 35.8 Å². The lowest BCUT2D eigenvalue weighted by atomic mass is 10.1. The maximum absolute atomic E-state index is 14.0. The van der Waals surface area contributed by atoms with Crippen molar-refractivity contribution in [2.45, 2.75) is 64.3 Å². The maximum Gasteiger partial charge on any atom is 0.266 e. The van der Waals surface area contributed by atoms with Gasteiger partial charge in [0.05, 0.1) is 27.5 Å². The molecule has 0 saturated heterocycles. The minimum absolute atomic E-state index is 0.158. The van der Waals surface area contributed by atoms with Crippen LogP contribution in [0.15, 0.2) is 76.4 Å². The number of hydrogen-bond acceptors (Lipinski definition) is 4. The molecular formula is C30H34ClN3O3S. The molecule has 1 atom stereocenters. The van der Waals surface area contributed by atoms with Crippen molar-refractivity contribution < 1.29 is 8.42 Å². The molecule has 4 rings (SSSR count). The Balaban J connectivity index is 1.92. The summed E-state index contributed by atoms with van der Waals surface area (Å²) in [6.45, 7) is 8.24. The van der Waals surface area contributed by atoms with Crippen LogP contribution < -0.4 is 5.56 Å². The lowest BCUT2D eigenvalue weighted by Crippen LogP contribution is -2.38. The van der Waals surface area contributed by atoms with Crippen molar-refractivity contribution in [1.29, 1.82) is 0 Å². The van der Waals surface area contributed by atoms with E-state index in [-0.39, 0.29) is 10.5 Å². The first-order valence-corrected chi connectivity index (χ1v) is 14.8. The van der Waals surface area contributed by atoms with Gasteiger partial charge in [0.15, 0.2) is 0 Å². The number of sulfonamides is 1. The fraction of sp³-hybridized carbons (Fsp3) is 0.333. The van der Waals surface area contributed by atoms with Gasteiger partial charge in [-0.15, -0.1) is 0 Å². The van der Waals surface area contributed by atoms with Crippen molar-refractivity contribution in [3.05, 3.63) is 99.1 Å². The number of halogens is 1. The van der Waals surface area contributed by atoms with Crippen LogP contribution in [0.1, 0.15) is 62.5 Å². The molecule has 0 aliphatic carbocycles. The van der Waals surface area contributed by atoms with Gasteiger partial charge in [0.25, 0.3) is 5.56 Å². The number of para-hydroxylation sites is 1. The van der Waals surface area contributed by atoms with Gasteiger partial charge in [0.2, 0.25) is 10.0 Å². The van der Waals surface area contributed by atoms with E-state index in [1.807, 2.05) is 44.2 Å². The number of hydrogen-bond donors (Lipinski definition) is 0. The van der Waals surface area contributed by atoms with Gasteiger partial charge in [-0.2, -0.15) is 4.31 Å². The van der Waals surface area contributed by atoms with Gasteiger partial charge in [-0.25, -0.2) is 13.4 Å². The molecule has 200 valence electrons. The van der Waals surface area contributed by atoms with Gasteiger partial charge in [0, 0.05) is 11.6 Å². The van der Waals surface area contributed by atoms with Crippen molar-refractivity contribution in [3.8, 4) is 5.69 Å². The summed E-state index contributed by atoms with van der Waals surface area (Å²) < 4.78 is 31.0. The van der Waals surface area contributed by atoms with Crippen molar-refractivity contribution in [3.63, 3.8) is 0 Å². The van der Waals surface area contributed by atoms with Crippen LogP contribution >= 0.6 is 11.6 Å². The minimum Gasteiger partial charge on any atom is -0.268 e. The molecule has 8 heteroatoms. The van der Waals surface area contributed by atoms with Crippen LogP contribution in [0.2, 0.25) is 5.02 Å². The van der Waals surface area contributed by atoms with E-state index >= 15 is 0 Å². The van der Waals surface area contributed by atoms with Gasteiger partial charge >= 0.3 is 0 Å². The normalized spacial score (nSPS) is 12.8. The van der Waals surface area contributed by atoms with E-state index in [2.05, 4.69) is 6.92 Å². The summed E-state index contributed by atoms with van der Waals surface area (Å²) >= 11 is 6.05. The fourth-order valence-corrected chi connectivity index (χ4v) is 6.39. The Labute approximate surface area is 230 Å². The molecule has 0 aliphatic heterocycles. The minimum atomic E-state index is -3.91. The first-order valence-electron chi connectivity index (χ1n) is 13.0. The highest BCUT2D eigenvalue weighted by Gasteiger charge is 2.33. The Bertz CT molecular complexity index is 1600. The molecular weight excluding hydrogens is 518 g/mol. The van der Waals surface area contributed by atoms with E-state index < -0.39 is 16.1 Å². The van der Waals surface area contributed by atoms with Crippen molar-refractivity contribution in [1.82, 2.24) is 13.9 Å². The second-order valence-electron chi connectivity index (χ2n) is 9.70. The van der Waals surface area contributed by atoms with E-state index in [1.165, 1.54) is 16.4 Å². The van der Waals surface area contributed by atoms with Crippen LogP contribution in [0.5, 0.6) is 0 Å². The smallest absolute Gasteiger partial charge is 0.266 e. The summed E-state index contributed by atoms with van der Waals surface area (Å²) in [4.78, 5) is 18.9. The van der Waals surface area contributed by atoms with E-state index in [0.717, 1.165) is 30.4 Å². The van der Waals surface area contributed by atoms with Crippen molar-refractivity contribution in [2.75, 3.05) is 6.54 Å². The molecule has 0 spiro atoms. The zero-order chi connectivity index (χ0) is 27.4. The molecule has 38 heavy (non-hydrogen) atoms. The molecule has 3 aromatic carbocycles. The Hall–Kier alpha value is -3.00. The van der Waals surface area contributed by atoms with Crippen molar-refractivity contribution >= 4 is 32.5 Å². The lowest BCUT2D eigenvalue weighted by Gasteiger charge is -2.30.